The Morgan fingerprint density at radius 2 is 2.21 bits per heavy atom. The smallest absolute Gasteiger partial charge is 0.309 e. The molecule has 2 heterocycles. The molecule has 7 heteroatoms. The van der Waals surface area contributed by atoms with Crippen LogP contribution < -0.4 is 0 Å². The number of hydrogen-bond acceptors (Lipinski definition) is 6. The fourth-order valence-corrected chi connectivity index (χ4v) is 4.31. The van der Waals surface area contributed by atoms with Crippen molar-refractivity contribution in [1.29, 1.82) is 0 Å². The van der Waals surface area contributed by atoms with Crippen molar-refractivity contribution in [2.45, 2.75) is 38.2 Å². The molecule has 2 saturated heterocycles. The molecule has 0 aromatic rings. The number of ether oxygens (including phenoxy) is 1. The second-order valence-electron chi connectivity index (χ2n) is 5.77. The number of fused-ring (bicyclic) bond motifs is 1. The lowest BCUT2D eigenvalue weighted by Gasteiger charge is -2.44. The molecule has 4 aliphatic rings. The molecule has 6 nitrogen and oxygen atoms in total. The monoisotopic (exact) mass is 286 g/mol. The zero-order valence-corrected chi connectivity index (χ0v) is 11.5. The number of nitrogens with zero attached hydrogens (tertiary/aromatic N) is 1. The van der Waals surface area contributed by atoms with Gasteiger partial charge in [0.25, 0.3) is 0 Å². The van der Waals surface area contributed by atoms with Gasteiger partial charge < -0.3 is 17.5 Å². The van der Waals surface area contributed by atoms with Gasteiger partial charge in [-0.2, -0.15) is 0 Å². The van der Waals surface area contributed by atoms with Gasteiger partial charge in [-0.05, 0) is 38.0 Å². The Morgan fingerprint density at radius 1 is 1.42 bits per heavy atom. The first-order valence-electron chi connectivity index (χ1n) is 6.45. The zero-order valence-electron chi connectivity index (χ0n) is 10.7. The first-order chi connectivity index (χ1) is 9.02. The van der Waals surface area contributed by atoms with E-state index in [1.54, 1.807) is 0 Å². The summed E-state index contributed by atoms with van der Waals surface area (Å²) in [6.45, 7) is 0. The van der Waals surface area contributed by atoms with Crippen LogP contribution in [-0.2, 0) is 33.6 Å². The summed E-state index contributed by atoms with van der Waals surface area (Å²) < 4.78 is 24.8. The van der Waals surface area contributed by atoms with Crippen molar-refractivity contribution in [3.63, 3.8) is 0 Å². The molecule has 2 aliphatic heterocycles. The van der Waals surface area contributed by atoms with Gasteiger partial charge in [0.15, 0.2) is 0 Å². The van der Waals surface area contributed by atoms with Gasteiger partial charge in [-0.3, -0.25) is 9.59 Å². The van der Waals surface area contributed by atoms with Crippen molar-refractivity contribution in [1.82, 2.24) is 0 Å². The minimum absolute atomic E-state index is 0.185. The molecule has 4 fully saturated rings. The van der Waals surface area contributed by atoms with Gasteiger partial charge in [-0.15, -0.1) is 0 Å². The minimum atomic E-state index is -1.93. The normalized spacial score (nSPS) is 41.9. The molecular weight excluding hydrogens is 270 g/mol. The maximum Gasteiger partial charge on any atom is 0.309 e. The predicted octanol–water partition coefficient (Wildman–Crippen LogP) is 1.34. The van der Waals surface area contributed by atoms with Gasteiger partial charge in [0.2, 0.25) is 5.91 Å². The SMILES string of the molecule is CO[S-](=O)=NC(=O)C12CC3CC(C1)OC(=O)C(C3)C2. The van der Waals surface area contributed by atoms with Crippen molar-refractivity contribution in [3.8, 4) is 0 Å². The summed E-state index contributed by atoms with van der Waals surface area (Å²) >= 11 is 0. The average molecular weight is 286 g/mol. The van der Waals surface area contributed by atoms with Gasteiger partial charge in [-0.1, -0.05) is 10.9 Å². The molecule has 4 unspecified atom stereocenters. The van der Waals surface area contributed by atoms with E-state index < -0.39 is 22.2 Å². The minimum Gasteiger partial charge on any atom is -0.462 e. The quantitative estimate of drug-likeness (QED) is 0.565. The van der Waals surface area contributed by atoms with E-state index in [1.807, 2.05) is 0 Å². The van der Waals surface area contributed by atoms with Crippen molar-refractivity contribution in [3.05, 3.63) is 0 Å². The second kappa shape index (κ2) is 4.56. The lowest BCUT2D eigenvalue weighted by molar-refractivity contribution is -0.151. The molecule has 106 valence electrons. The van der Waals surface area contributed by atoms with Gasteiger partial charge in [0, 0.05) is 7.11 Å². The third kappa shape index (κ3) is 2.18. The first kappa shape index (κ1) is 13.1. The first-order valence-corrected chi connectivity index (χ1v) is 7.48. The fraction of sp³-hybridized carbons (Fsp3) is 0.833. The number of hydrogen-bond donors (Lipinski definition) is 0. The highest BCUT2D eigenvalue weighted by Gasteiger charge is 2.55. The lowest BCUT2D eigenvalue weighted by atomic mass is 9.58. The third-order valence-electron chi connectivity index (χ3n) is 4.52. The molecule has 0 aromatic heterocycles. The molecular formula is C12H16NO5S-. The van der Waals surface area contributed by atoms with Crippen LogP contribution in [0.5, 0.6) is 0 Å². The largest absolute Gasteiger partial charge is 0.462 e. The Balaban J connectivity index is 1.94. The lowest BCUT2D eigenvalue weighted by Crippen LogP contribution is -2.44. The zero-order chi connectivity index (χ0) is 13.6. The molecule has 2 aliphatic carbocycles. The van der Waals surface area contributed by atoms with Crippen LogP contribution in [0.1, 0.15) is 32.1 Å². The molecule has 0 N–H and O–H groups in total. The van der Waals surface area contributed by atoms with Crippen molar-refractivity contribution in [2.24, 2.45) is 21.6 Å². The average Bonchev–Trinajstić information content (AvgIpc) is 2.52. The van der Waals surface area contributed by atoms with E-state index in [2.05, 4.69) is 8.55 Å². The van der Waals surface area contributed by atoms with Gasteiger partial charge in [0.05, 0.1) is 11.3 Å². The number of carbonyl (C=O) groups excluding carboxylic acids is 2. The van der Waals surface area contributed by atoms with Crippen LogP contribution in [0.4, 0.5) is 0 Å². The fourth-order valence-electron chi connectivity index (χ4n) is 3.91. The van der Waals surface area contributed by atoms with E-state index in [1.165, 1.54) is 7.11 Å². The van der Waals surface area contributed by atoms with Crippen molar-refractivity contribution >= 4 is 22.8 Å². The van der Waals surface area contributed by atoms with Crippen LogP contribution in [0.15, 0.2) is 4.36 Å². The van der Waals surface area contributed by atoms with Crippen LogP contribution >= 0.6 is 0 Å². The molecule has 0 spiro atoms. The van der Waals surface area contributed by atoms with Crippen molar-refractivity contribution < 1.29 is 22.7 Å². The number of rotatable bonds is 2. The van der Waals surface area contributed by atoms with E-state index in [9.17, 15) is 13.8 Å². The molecule has 0 radical (unpaired) electrons. The predicted molar refractivity (Wildman–Crippen MR) is 64.9 cm³/mol. The summed E-state index contributed by atoms with van der Waals surface area (Å²) in [4.78, 5) is 24.2. The Morgan fingerprint density at radius 3 is 2.95 bits per heavy atom. The highest BCUT2D eigenvalue weighted by Crippen LogP contribution is 2.55. The Kier molecular flexibility index (Phi) is 3.13. The van der Waals surface area contributed by atoms with Crippen LogP contribution in [0.3, 0.4) is 0 Å². The van der Waals surface area contributed by atoms with E-state index in [0.29, 0.717) is 18.8 Å². The number of amides is 1. The molecule has 4 atom stereocenters. The Labute approximate surface area is 113 Å². The maximum absolute atomic E-state index is 12.3. The van der Waals surface area contributed by atoms with Gasteiger partial charge in [0.1, 0.15) is 6.10 Å². The molecule has 19 heavy (non-hydrogen) atoms. The summed E-state index contributed by atoms with van der Waals surface area (Å²) in [5.41, 5.74) is -0.670. The molecule has 1 amide bonds. The van der Waals surface area contributed by atoms with Crippen LogP contribution in [0.2, 0.25) is 0 Å². The summed E-state index contributed by atoms with van der Waals surface area (Å²) in [5, 5.41) is 0. The van der Waals surface area contributed by atoms with E-state index >= 15 is 0 Å². The molecule has 4 bridgehead atoms. The third-order valence-corrected chi connectivity index (χ3v) is 5.12. The van der Waals surface area contributed by atoms with Crippen LogP contribution in [0.25, 0.3) is 0 Å². The topological polar surface area (TPSA) is 82.0 Å². The van der Waals surface area contributed by atoms with E-state index in [0.717, 1.165) is 19.3 Å². The molecule has 0 aromatic carbocycles. The van der Waals surface area contributed by atoms with Crippen molar-refractivity contribution in [2.75, 3.05) is 7.11 Å². The second-order valence-corrected chi connectivity index (χ2v) is 6.72. The summed E-state index contributed by atoms with van der Waals surface area (Å²) in [6.07, 6.45) is 3.16. The molecule has 4 rings (SSSR count). The van der Waals surface area contributed by atoms with Gasteiger partial charge in [-0.25, -0.2) is 0 Å². The van der Waals surface area contributed by atoms with E-state index in [-0.39, 0.29) is 18.0 Å². The van der Waals surface area contributed by atoms with Crippen LogP contribution in [0, 0.1) is 17.3 Å². The van der Waals surface area contributed by atoms with E-state index in [4.69, 9.17) is 4.74 Å². The molecule has 2 saturated carbocycles. The number of carbonyl (C=O) groups is 2. The standard InChI is InChI=1S/C12H16NO5S/c1-17-19(16)13-11(15)12-4-7-2-8(5-12)10(14)18-9(3-7)6-12/h7-9H,2-6H2,1H3/q-1. The maximum atomic E-state index is 12.3. The summed E-state index contributed by atoms with van der Waals surface area (Å²) in [7, 11) is -0.693. The Bertz CT molecular complexity index is 512. The highest BCUT2D eigenvalue weighted by atomic mass is 32.2. The number of esters is 1. The summed E-state index contributed by atoms with van der Waals surface area (Å²) in [6, 6.07) is 0. The highest BCUT2D eigenvalue weighted by molar-refractivity contribution is 7.70. The Hall–Kier alpha value is -0.950. The summed E-state index contributed by atoms with van der Waals surface area (Å²) in [5.74, 6) is -0.458. The van der Waals surface area contributed by atoms with Crippen LogP contribution in [-0.4, -0.2) is 25.1 Å². The van der Waals surface area contributed by atoms with Gasteiger partial charge >= 0.3 is 5.97 Å².